The maximum atomic E-state index is 11.4. The van der Waals surface area contributed by atoms with Crippen molar-refractivity contribution in [1.82, 2.24) is 4.90 Å². The van der Waals surface area contributed by atoms with Gasteiger partial charge in [-0.3, -0.25) is 4.79 Å². The summed E-state index contributed by atoms with van der Waals surface area (Å²) in [5.74, 6) is 1.61. The molecule has 2 atom stereocenters. The molecule has 1 aliphatic heterocycles. The summed E-state index contributed by atoms with van der Waals surface area (Å²) in [6, 6.07) is 0.449. The predicted octanol–water partition coefficient (Wildman–Crippen LogP) is 0.982. The Morgan fingerprint density at radius 2 is 2.21 bits per heavy atom. The van der Waals surface area contributed by atoms with E-state index in [0.717, 1.165) is 31.8 Å². The van der Waals surface area contributed by atoms with Gasteiger partial charge in [-0.15, -0.1) is 0 Å². The van der Waals surface area contributed by atoms with Crippen molar-refractivity contribution in [3.05, 3.63) is 0 Å². The Bertz CT molecular complexity index is 225. The van der Waals surface area contributed by atoms with Crippen molar-refractivity contribution >= 4 is 5.91 Å². The summed E-state index contributed by atoms with van der Waals surface area (Å²) in [7, 11) is 0. The number of hydrogen-bond acceptors (Lipinski definition) is 2. The lowest BCUT2D eigenvalue weighted by molar-refractivity contribution is -0.130. The van der Waals surface area contributed by atoms with Crippen LogP contribution in [0.1, 0.15) is 32.6 Å². The Morgan fingerprint density at radius 1 is 1.50 bits per heavy atom. The van der Waals surface area contributed by atoms with E-state index in [4.69, 9.17) is 5.73 Å². The number of nitrogens with two attached hydrogens (primary N) is 1. The second-order valence-corrected chi connectivity index (χ2v) is 4.66. The van der Waals surface area contributed by atoms with Crippen LogP contribution in [0, 0.1) is 11.8 Å². The van der Waals surface area contributed by atoms with Gasteiger partial charge in [-0.1, -0.05) is 0 Å². The van der Waals surface area contributed by atoms with Crippen molar-refractivity contribution < 1.29 is 4.79 Å². The summed E-state index contributed by atoms with van der Waals surface area (Å²) in [5, 5.41) is 0. The van der Waals surface area contributed by atoms with Crippen LogP contribution in [0.5, 0.6) is 0 Å². The third-order valence-electron chi connectivity index (χ3n) is 3.70. The van der Waals surface area contributed by atoms with Gasteiger partial charge in [-0.05, 0) is 44.1 Å². The summed E-state index contributed by atoms with van der Waals surface area (Å²) < 4.78 is 0. The molecule has 1 heterocycles. The maximum absolute atomic E-state index is 11.4. The normalized spacial score (nSPS) is 29.3. The average molecular weight is 196 g/mol. The highest BCUT2D eigenvalue weighted by Crippen LogP contribution is 2.41. The van der Waals surface area contributed by atoms with Crippen LogP contribution >= 0.6 is 0 Å². The van der Waals surface area contributed by atoms with E-state index in [2.05, 4.69) is 0 Å². The lowest BCUT2D eigenvalue weighted by atomic mass is 9.92. The van der Waals surface area contributed by atoms with Crippen molar-refractivity contribution in [2.75, 3.05) is 13.1 Å². The number of nitrogens with zero attached hydrogens (tertiary/aromatic N) is 1. The van der Waals surface area contributed by atoms with Gasteiger partial charge in [0.25, 0.3) is 0 Å². The van der Waals surface area contributed by atoms with Crippen molar-refractivity contribution in [2.45, 2.75) is 38.6 Å². The predicted molar refractivity (Wildman–Crippen MR) is 55.7 cm³/mol. The molecule has 1 saturated carbocycles. The number of carbonyl (C=O) groups excluding carboxylic acids is 1. The van der Waals surface area contributed by atoms with Crippen LogP contribution in [0.2, 0.25) is 0 Å². The van der Waals surface area contributed by atoms with Crippen molar-refractivity contribution in [3.8, 4) is 0 Å². The smallest absolute Gasteiger partial charge is 0.219 e. The van der Waals surface area contributed by atoms with Crippen LogP contribution in [-0.4, -0.2) is 29.9 Å². The summed E-state index contributed by atoms with van der Waals surface area (Å²) in [5.41, 5.74) is 5.82. The van der Waals surface area contributed by atoms with E-state index in [1.54, 1.807) is 6.92 Å². The molecule has 2 aliphatic rings. The maximum Gasteiger partial charge on any atom is 0.219 e. The SMILES string of the molecule is CC(=O)N1CCCC1C(CN)C1CC1. The van der Waals surface area contributed by atoms with Crippen LogP contribution in [0.4, 0.5) is 0 Å². The number of hydrogen-bond donors (Lipinski definition) is 1. The van der Waals surface area contributed by atoms with Gasteiger partial charge < -0.3 is 10.6 Å². The second-order valence-electron chi connectivity index (χ2n) is 4.66. The third-order valence-corrected chi connectivity index (χ3v) is 3.70. The molecule has 0 spiro atoms. The molecule has 1 aliphatic carbocycles. The first-order chi connectivity index (χ1) is 6.74. The zero-order valence-corrected chi connectivity index (χ0v) is 8.91. The van der Waals surface area contributed by atoms with Gasteiger partial charge in [0.1, 0.15) is 0 Å². The molecule has 0 bridgehead atoms. The molecule has 14 heavy (non-hydrogen) atoms. The standard InChI is InChI=1S/C11H20N2O/c1-8(14)13-6-2-3-11(13)10(7-12)9-4-5-9/h9-11H,2-7,12H2,1H3. The quantitative estimate of drug-likeness (QED) is 0.731. The molecule has 1 saturated heterocycles. The van der Waals surface area contributed by atoms with Crippen molar-refractivity contribution in [1.29, 1.82) is 0 Å². The van der Waals surface area contributed by atoms with Crippen molar-refractivity contribution in [2.24, 2.45) is 17.6 Å². The Labute approximate surface area is 85.6 Å². The van der Waals surface area contributed by atoms with E-state index >= 15 is 0 Å². The van der Waals surface area contributed by atoms with Crippen molar-refractivity contribution in [3.63, 3.8) is 0 Å². The minimum Gasteiger partial charge on any atom is -0.340 e. The minimum absolute atomic E-state index is 0.228. The molecule has 2 rings (SSSR count). The van der Waals surface area contributed by atoms with E-state index in [1.165, 1.54) is 12.8 Å². The first-order valence-electron chi connectivity index (χ1n) is 5.71. The van der Waals surface area contributed by atoms with Gasteiger partial charge in [-0.25, -0.2) is 0 Å². The van der Waals surface area contributed by atoms with Gasteiger partial charge in [-0.2, -0.15) is 0 Å². The average Bonchev–Trinajstić information content (AvgIpc) is 2.84. The summed E-state index contributed by atoms with van der Waals surface area (Å²) >= 11 is 0. The molecule has 3 nitrogen and oxygen atoms in total. The first-order valence-corrected chi connectivity index (χ1v) is 5.71. The van der Waals surface area contributed by atoms with Crippen LogP contribution in [0.25, 0.3) is 0 Å². The molecular formula is C11H20N2O. The lowest BCUT2D eigenvalue weighted by Gasteiger charge is -2.30. The lowest BCUT2D eigenvalue weighted by Crippen LogP contribution is -2.42. The zero-order chi connectivity index (χ0) is 10.1. The number of likely N-dealkylation sites (tertiary alicyclic amines) is 1. The zero-order valence-electron chi connectivity index (χ0n) is 8.91. The van der Waals surface area contributed by atoms with Gasteiger partial charge in [0, 0.05) is 19.5 Å². The van der Waals surface area contributed by atoms with E-state index in [1.807, 2.05) is 4.90 Å². The number of carbonyl (C=O) groups is 1. The molecule has 2 unspecified atom stereocenters. The second kappa shape index (κ2) is 3.89. The topological polar surface area (TPSA) is 46.3 Å². The number of amides is 1. The largest absolute Gasteiger partial charge is 0.340 e. The van der Waals surface area contributed by atoms with Gasteiger partial charge in [0.2, 0.25) is 5.91 Å². The highest BCUT2D eigenvalue weighted by molar-refractivity contribution is 5.74. The molecule has 0 aromatic heterocycles. The molecule has 2 fully saturated rings. The monoisotopic (exact) mass is 196 g/mol. The molecule has 2 N–H and O–H groups in total. The Hall–Kier alpha value is -0.570. The fraction of sp³-hybridized carbons (Fsp3) is 0.909. The highest BCUT2D eigenvalue weighted by atomic mass is 16.2. The Kier molecular flexibility index (Phi) is 2.77. The molecule has 0 aromatic rings. The molecule has 80 valence electrons. The number of rotatable bonds is 3. The van der Waals surface area contributed by atoms with Crippen LogP contribution in [0.3, 0.4) is 0 Å². The molecule has 0 aromatic carbocycles. The fourth-order valence-corrected chi connectivity index (χ4v) is 2.82. The summed E-state index contributed by atoms with van der Waals surface area (Å²) in [6.07, 6.45) is 4.97. The van der Waals surface area contributed by atoms with Crippen LogP contribution < -0.4 is 5.73 Å². The Morgan fingerprint density at radius 3 is 2.71 bits per heavy atom. The van der Waals surface area contributed by atoms with Crippen LogP contribution in [0.15, 0.2) is 0 Å². The fourth-order valence-electron chi connectivity index (χ4n) is 2.82. The Balaban J connectivity index is 2.02. The van der Waals surface area contributed by atoms with Gasteiger partial charge in [0.15, 0.2) is 0 Å². The van der Waals surface area contributed by atoms with E-state index in [-0.39, 0.29) is 5.91 Å². The molecule has 0 radical (unpaired) electrons. The summed E-state index contributed by atoms with van der Waals surface area (Å²) in [4.78, 5) is 13.4. The van der Waals surface area contributed by atoms with Gasteiger partial charge >= 0.3 is 0 Å². The van der Waals surface area contributed by atoms with Crippen LogP contribution in [-0.2, 0) is 4.79 Å². The van der Waals surface area contributed by atoms with E-state index in [9.17, 15) is 4.79 Å². The third kappa shape index (κ3) is 1.78. The first kappa shape index (κ1) is 9.97. The highest BCUT2D eigenvalue weighted by Gasteiger charge is 2.40. The van der Waals surface area contributed by atoms with E-state index in [0.29, 0.717) is 12.0 Å². The van der Waals surface area contributed by atoms with Gasteiger partial charge in [0.05, 0.1) is 0 Å². The molecular weight excluding hydrogens is 176 g/mol. The summed E-state index contributed by atoms with van der Waals surface area (Å²) in [6.45, 7) is 3.38. The van der Waals surface area contributed by atoms with E-state index < -0.39 is 0 Å². The minimum atomic E-state index is 0.228. The molecule has 3 heteroatoms. The molecule has 1 amide bonds.